The lowest BCUT2D eigenvalue weighted by Gasteiger charge is -2.17. The Bertz CT molecular complexity index is 1720. The largest absolute Gasteiger partial charge is 0.457 e. The number of allylic oxidation sites excluding steroid dienone is 7. The smallest absolute Gasteiger partial charge is 0.169 e. The Kier molecular flexibility index (Phi) is 9.74. The summed E-state index contributed by atoms with van der Waals surface area (Å²) in [6.45, 7) is 15.4. The topological polar surface area (TPSA) is 25.2 Å². The Morgan fingerprint density at radius 2 is 1.84 bits per heavy atom. The Labute approximate surface area is 262 Å². The van der Waals surface area contributed by atoms with Gasteiger partial charge in [-0.3, -0.25) is 0 Å². The van der Waals surface area contributed by atoms with E-state index in [0.29, 0.717) is 4.86 Å². The second-order valence-electron chi connectivity index (χ2n) is 11.2. The Hall–Kier alpha value is -4.21. The average molecular weight is 584 g/mol. The number of fused-ring (bicyclic) bond motifs is 1. The predicted octanol–water partition coefficient (Wildman–Crippen LogP) is 10.9. The van der Waals surface area contributed by atoms with Gasteiger partial charge in [-0.25, -0.2) is 0 Å². The highest BCUT2D eigenvalue weighted by Crippen LogP contribution is 2.37. The SMILES string of the molecule is C=C/C=C\c1ccc(/C(=C\C(=C)CC)c2cccc(C(=S)c3oc4c(c3NCC3=CCCC=C3)C=CCC4)c2)c(C)c1C. The minimum absolute atomic E-state index is 0.715. The number of nitrogens with one attached hydrogen (secondary N) is 1. The number of furan rings is 1. The van der Waals surface area contributed by atoms with E-state index in [4.69, 9.17) is 16.6 Å². The summed E-state index contributed by atoms with van der Waals surface area (Å²) in [7, 11) is 0. The molecule has 0 saturated carbocycles. The van der Waals surface area contributed by atoms with Crippen LogP contribution in [0.3, 0.4) is 0 Å². The van der Waals surface area contributed by atoms with Crippen molar-refractivity contribution in [2.45, 2.75) is 52.9 Å². The minimum atomic E-state index is 0.715. The first-order chi connectivity index (χ1) is 20.9. The molecule has 218 valence electrons. The summed E-state index contributed by atoms with van der Waals surface area (Å²) >= 11 is 6.17. The molecule has 2 aliphatic rings. The minimum Gasteiger partial charge on any atom is -0.457 e. The van der Waals surface area contributed by atoms with Gasteiger partial charge in [0.05, 0.1) is 10.6 Å². The van der Waals surface area contributed by atoms with Crippen LogP contribution in [0.15, 0.2) is 108 Å². The third kappa shape index (κ3) is 6.73. The highest BCUT2D eigenvalue weighted by Gasteiger charge is 2.24. The van der Waals surface area contributed by atoms with E-state index >= 15 is 0 Å². The molecule has 2 aliphatic carbocycles. The summed E-state index contributed by atoms with van der Waals surface area (Å²) in [6, 6.07) is 12.9. The van der Waals surface area contributed by atoms with Gasteiger partial charge in [0.25, 0.3) is 0 Å². The van der Waals surface area contributed by atoms with Crippen molar-refractivity contribution in [1.82, 2.24) is 0 Å². The van der Waals surface area contributed by atoms with Gasteiger partial charge in [0.15, 0.2) is 5.76 Å². The van der Waals surface area contributed by atoms with E-state index < -0.39 is 0 Å². The molecule has 3 heteroatoms. The molecule has 0 unspecified atom stereocenters. The van der Waals surface area contributed by atoms with Crippen molar-refractivity contribution >= 4 is 40.5 Å². The number of thiocarbonyl (C=S) groups is 1. The van der Waals surface area contributed by atoms with Crippen LogP contribution in [0.2, 0.25) is 0 Å². The molecular weight excluding hydrogens is 543 g/mol. The van der Waals surface area contributed by atoms with E-state index in [9.17, 15) is 0 Å². The van der Waals surface area contributed by atoms with Crippen molar-refractivity contribution in [3.63, 3.8) is 0 Å². The van der Waals surface area contributed by atoms with Crippen LogP contribution in [0.4, 0.5) is 5.69 Å². The van der Waals surface area contributed by atoms with Crippen molar-refractivity contribution in [3.05, 3.63) is 154 Å². The molecule has 0 amide bonds. The van der Waals surface area contributed by atoms with Crippen molar-refractivity contribution < 1.29 is 4.42 Å². The predicted molar refractivity (Wildman–Crippen MR) is 190 cm³/mol. The van der Waals surface area contributed by atoms with Crippen molar-refractivity contribution in [1.29, 1.82) is 0 Å². The molecule has 1 aromatic heterocycles. The van der Waals surface area contributed by atoms with Crippen molar-refractivity contribution in [2.75, 3.05) is 11.9 Å². The summed E-state index contributed by atoms with van der Waals surface area (Å²) in [5, 5.41) is 3.69. The van der Waals surface area contributed by atoms with Crippen LogP contribution in [0.25, 0.3) is 17.7 Å². The van der Waals surface area contributed by atoms with Crippen molar-refractivity contribution in [3.8, 4) is 0 Å². The lowest BCUT2D eigenvalue weighted by Crippen LogP contribution is -2.09. The number of hydrogen-bond donors (Lipinski definition) is 1. The first kappa shape index (κ1) is 30.3. The number of benzene rings is 2. The molecule has 0 radical (unpaired) electrons. The van der Waals surface area contributed by atoms with Crippen LogP contribution in [0.5, 0.6) is 0 Å². The van der Waals surface area contributed by atoms with Crippen molar-refractivity contribution in [2.24, 2.45) is 0 Å². The summed E-state index contributed by atoms with van der Waals surface area (Å²) in [4.78, 5) is 0.715. The third-order valence-corrected chi connectivity index (χ3v) is 8.78. The Morgan fingerprint density at radius 3 is 2.60 bits per heavy atom. The fourth-order valence-corrected chi connectivity index (χ4v) is 5.93. The zero-order valence-electron chi connectivity index (χ0n) is 25.6. The fourth-order valence-electron chi connectivity index (χ4n) is 5.66. The third-order valence-electron chi connectivity index (χ3n) is 8.36. The van der Waals surface area contributed by atoms with Gasteiger partial charge in [-0.05, 0) is 90.1 Å². The van der Waals surface area contributed by atoms with Gasteiger partial charge in [0.1, 0.15) is 5.76 Å². The normalized spacial score (nSPS) is 14.5. The van der Waals surface area contributed by atoms with Crippen LogP contribution in [-0.4, -0.2) is 11.4 Å². The van der Waals surface area contributed by atoms with Gasteiger partial charge in [0, 0.05) is 18.5 Å². The molecule has 2 aromatic carbocycles. The monoisotopic (exact) mass is 583 g/mol. The summed E-state index contributed by atoms with van der Waals surface area (Å²) < 4.78 is 6.51. The molecule has 0 bridgehead atoms. The van der Waals surface area contributed by atoms with E-state index in [2.05, 4.69) is 118 Å². The van der Waals surface area contributed by atoms with Gasteiger partial charge < -0.3 is 9.73 Å². The van der Waals surface area contributed by atoms with E-state index in [1.807, 2.05) is 12.2 Å². The molecule has 0 aliphatic heterocycles. The van der Waals surface area contributed by atoms with E-state index in [0.717, 1.165) is 83.7 Å². The number of hydrogen-bond acceptors (Lipinski definition) is 3. The van der Waals surface area contributed by atoms with Gasteiger partial charge in [-0.15, -0.1) is 0 Å². The zero-order valence-corrected chi connectivity index (χ0v) is 26.5. The van der Waals surface area contributed by atoms with Gasteiger partial charge in [-0.2, -0.15) is 0 Å². The van der Waals surface area contributed by atoms with Crippen LogP contribution < -0.4 is 5.32 Å². The molecule has 2 nitrogen and oxygen atoms in total. The first-order valence-electron chi connectivity index (χ1n) is 15.3. The van der Waals surface area contributed by atoms with Crippen LogP contribution >= 0.6 is 12.2 Å². The Morgan fingerprint density at radius 1 is 1.02 bits per heavy atom. The van der Waals surface area contributed by atoms with Gasteiger partial charge in [0.2, 0.25) is 0 Å². The first-order valence-corrected chi connectivity index (χ1v) is 15.7. The number of anilines is 1. The quantitative estimate of drug-likeness (QED) is 0.138. The average Bonchev–Trinajstić information content (AvgIpc) is 3.42. The highest BCUT2D eigenvalue weighted by atomic mass is 32.1. The molecule has 1 heterocycles. The van der Waals surface area contributed by atoms with E-state index in [1.165, 1.54) is 27.8 Å². The molecule has 1 N–H and O–H groups in total. The fraction of sp³-hybridized carbons (Fsp3) is 0.225. The molecule has 0 fully saturated rings. The lowest BCUT2D eigenvalue weighted by molar-refractivity contribution is 0.502. The molecule has 0 spiro atoms. The molecule has 5 rings (SSSR count). The lowest BCUT2D eigenvalue weighted by atomic mass is 9.88. The van der Waals surface area contributed by atoms with Crippen LogP contribution in [-0.2, 0) is 6.42 Å². The summed E-state index contributed by atoms with van der Waals surface area (Å²) in [5.74, 6) is 1.75. The highest BCUT2D eigenvalue weighted by molar-refractivity contribution is 7.81. The molecular formula is C40H41NOS. The van der Waals surface area contributed by atoms with Crippen LogP contribution in [0, 0.1) is 13.8 Å². The maximum atomic E-state index is 6.51. The van der Waals surface area contributed by atoms with E-state index in [-0.39, 0.29) is 0 Å². The molecule has 0 saturated heterocycles. The zero-order chi connectivity index (χ0) is 30.3. The Balaban J connectivity index is 1.54. The maximum absolute atomic E-state index is 6.51. The summed E-state index contributed by atoms with van der Waals surface area (Å²) in [5.41, 5.74) is 12.6. The molecule has 0 atom stereocenters. The van der Waals surface area contributed by atoms with Crippen LogP contribution in [0.1, 0.15) is 83.1 Å². The van der Waals surface area contributed by atoms with Gasteiger partial charge >= 0.3 is 0 Å². The molecule has 3 aromatic rings. The summed E-state index contributed by atoms with van der Waals surface area (Å²) in [6.07, 6.45) is 24.2. The second kappa shape index (κ2) is 13.8. The maximum Gasteiger partial charge on any atom is 0.169 e. The molecule has 43 heavy (non-hydrogen) atoms. The standard InChI is InChI=1S/C40H41NOS/c1-6-8-17-31-22-23-34(29(5)28(31)4)36(24-27(3)7-2)32-18-14-19-33(25-32)40(43)39-38(35-20-12-13-21-37(35)42-39)41-26-30-15-10-9-11-16-30/h6,8,10,12,14-20,22-25,41H,1,3,7,9,11,13,21,26H2,2,4-5H3/b17-8-,36-24-. The van der Waals surface area contributed by atoms with Gasteiger partial charge in [-0.1, -0.05) is 123 Å². The number of aryl methyl sites for hydroxylation is 1. The number of rotatable bonds is 11. The van der Waals surface area contributed by atoms with E-state index in [1.54, 1.807) is 0 Å². The second-order valence-corrected chi connectivity index (χ2v) is 11.6.